The number of carbonyl (C=O) groups is 1. The molecule has 0 aliphatic heterocycles. The Balaban J connectivity index is 2.36. The van der Waals surface area contributed by atoms with Crippen LogP contribution in [0.15, 0.2) is 18.5 Å². The highest BCUT2D eigenvalue weighted by Crippen LogP contribution is 2.11. The molecule has 0 fully saturated rings. The van der Waals surface area contributed by atoms with Gasteiger partial charge in [-0.15, -0.1) is 0 Å². The van der Waals surface area contributed by atoms with Crippen LogP contribution in [0.2, 0.25) is 0 Å². The molecule has 0 bridgehead atoms. The van der Waals surface area contributed by atoms with Crippen molar-refractivity contribution in [3.63, 3.8) is 0 Å². The molecular formula is C11H15NO4. The molecule has 1 heterocycles. The van der Waals surface area contributed by atoms with E-state index in [-0.39, 0.29) is 5.56 Å². The van der Waals surface area contributed by atoms with E-state index in [9.17, 15) is 4.79 Å². The Labute approximate surface area is 94.0 Å². The van der Waals surface area contributed by atoms with E-state index in [1.165, 1.54) is 18.5 Å². The fraction of sp³-hybridized carbons (Fsp3) is 0.455. The summed E-state index contributed by atoms with van der Waals surface area (Å²) in [6, 6.07) is 1.45. The molecule has 0 unspecified atom stereocenters. The monoisotopic (exact) mass is 225 g/mol. The molecule has 16 heavy (non-hydrogen) atoms. The maximum atomic E-state index is 10.7. The standard InChI is InChI=1S/C11H15NO4/c1-2-15-4-3-5-16-10-6-9(11(13)14)7-12-8-10/h6-8H,2-5H2,1H3,(H,13,14). The van der Waals surface area contributed by atoms with E-state index in [4.69, 9.17) is 14.6 Å². The summed E-state index contributed by atoms with van der Waals surface area (Å²) in [5.41, 5.74) is 0.127. The van der Waals surface area contributed by atoms with Crippen molar-refractivity contribution in [2.75, 3.05) is 19.8 Å². The quantitative estimate of drug-likeness (QED) is 0.713. The van der Waals surface area contributed by atoms with Crippen LogP contribution in [-0.4, -0.2) is 35.9 Å². The number of aromatic carboxylic acids is 1. The summed E-state index contributed by atoms with van der Waals surface area (Å²) >= 11 is 0. The van der Waals surface area contributed by atoms with Gasteiger partial charge in [0.05, 0.1) is 18.4 Å². The molecule has 0 amide bonds. The number of carboxylic acid groups (broad SMARTS) is 1. The van der Waals surface area contributed by atoms with Gasteiger partial charge in [-0.3, -0.25) is 4.98 Å². The first-order valence-electron chi connectivity index (χ1n) is 5.13. The molecule has 0 atom stereocenters. The summed E-state index contributed by atoms with van der Waals surface area (Å²) in [6.07, 6.45) is 3.55. The highest BCUT2D eigenvalue weighted by molar-refractivity contribution is 5.87. The van der Waals surface area contributed by atoms with Crippen molar-refractivity contribution in [3.8, 4) is 5.75 Å². The number of ether oxygens (including phenoxy) is 2. The summed E-state index contributed by atoms with van der Waals surface area (Å²) in [5, 5.41) is 8.74. The van der Waals surface area contributed by atoms with E-state index in [1.807, 2.05) is 6.92 Å². The van der Waals surface area contributed by atoms with Crippen LogP contribution in [0, 0.1) is 0 Å². The maximum Gasteiger partial charge on any atom is 0.337 e. The summed E-state index contributed by atoms with van der Waals surface area (Å²) < 4.78 is 10.5. The van der Waals surface area contributed by atoms with Crippen molar-refractivity contribution in [1.29, 1.82) is 0 Å². The van der Waals surface area contributed by atoms with Crippen LogP contribution in [0.25, 0.3) is 0 Å². The lowest BCUT2D eigenvalue weighted by molar-refractivity contribution is 0.0695. The van der Waals surface area contributed by atoms with Crippen LogP contribution < -0.4 is 4.74 Å². The minimum atomic E-state index is -1.01. The summed E-state index contributed by atoms with van der Waals surface area (Å²) in [6.45, 7) is 3.75. The van der Waals surface area contributed by atoms with Crippen LogP contribution >= 0.6 is 0 Å². The van der Waals surface area contributed by atoms with Gasteiger partial charge in [-0.25, -0.2) is 4.79 Å². The SMILES string of the molecule is CCOCCCOc1cncc(C(=O)O)c1. The number of nitrogens with zero attached hydrogens (tertiary/aromatic N) is 1. The number of rotatable bonds is 7. The van der Waals surface area contributed by atoms with Crippen LogP contribution in [0.5, 0.6) is 5.75 Å². The number of aromatic nitrogens is 1. The van der Waals surface area contributed by atoms with E-state index in [0.29, 0.717) is 25.6 Å². The van der Waals surface area contributed by atoms with Gasteiger partial charge in [0.15, 0.2) is 0 Å². The Morgan fingerprint density at radius 3 is 2.94 bits per heavy atom. The van der Waals surface area contributed by atoms with Gasteiger partial charge in [-0.05, 0) is 13.0 Å². The van der Waals surface area contributed by atoms with E-state index in [0.717, 1.165) is 6.42 Å². The van der Waals surface area contributed by atoms with Crippen molar-refractivity contribution in [3.05, 3.63) is 24.0 Å². The zero-order valence-corrected chi connectivity index (χ0v) is 9.18. The molecule has 1 aromatic heterocycles. The minimum Gasteiger partial charge on any atom is -0.492 e. The van der Waals surface area contributed by atoms with Gasteiger partial charge in [0.1, 0.15) is 5.75 Å². The Hall–Kier alpha value is -1.62. The number of hydrogen-bond acceptors (Lipinski definition) is 4. The molecule has 0 radical (unpaired) electrons. The van der Waals surface area contributed by atoms with Gasteiger partial charge >= 0.3 is 5.97 Å². The molecule has 0 spiro atoms. The van der Waals surface area contributed by atoms with Gasteiger partial charge in [-0.1, -0.05) is 0 Å². The predicted molar refractivity (Wildman–Crippen MR) is 57.8 cm³/mol. The Morgan fingerprint density at radius 1 is 1.44 bits per heavy atom. The highest BCUT2D eigenvalue weighted by Gasteiger charge is 2.04. The first-order valence-corrected chi connectivity index (χ1v) is 5.13. The molecular weight excluding hydrogens is 210 g/mol. The lowest BCUT2D eigenvalue weighted by Gasteiger charge is -2.06. The second-order valence-corrected chi connectivity index (χ2v) is 3.11. The average Bonchev–Trinajstić information content (AvgIpc) is 2.29. The molecule has 5 nitrogen and oxygen atoms in total. The lowest BCUT2D eigenvalue weighted by atomic mass is 10.3. The third-order valence-electron chi connectivity index (χ3n) is 1.87. The Bertz CT molecular complexity index is 341. The predicted octanol–water partition coefficient (Wildman–Crippen LogP) is 1.59. The van der Waals surface area contributed by atoms with E-state index < -0.39 is 5.97 Å². The largest absolute Gasteiger partial charge is 0.492 e. The molecule has 1 aromatic rings. The van der Waals surface area contributed by atoms with Crippen molar-refractivity contribution >= 4 is 5.97 Å². The second kappa shape index (κ2) is 6.79. The number of carboxylic acids is 1. The topological polar surface area (TPSA) is 68.7 Å². The molecule has 0 saturated carbocycles. The van der Waals surface area contributed by atoms with Crippen LogP contribution in [0.1, 0.15) is 23.7 Å². The summed E-state index contributed by atoms with van der Waals surface area (Å²) in [4.78, 5) is 14.4. The normalized spacial score (nSPS) is 10.1. The van der Waals surface area contributed by atoms with Gasteiger partial charge in [0.25, 0.3) is 0 Å². The van der Waals surface area contributed by atoms with Gasteiger partial charge < -0.3 is 14.6 Å². The van der Waals surface area contributed by atoms with E-state index in [2.05, 4.69) is 4.98 Å². The third-order valence-corrected chi connectivity index (χ3v) is 1.87. The van der Waals surface area contributed by atoms with Crippen molar-refractivity contribution in [1.82, 2.24) is 4.98 Å². The smallest absolute Gasteiger partial charge is 0.337 e. The Morgan fingerprint density at radius 2 is 2.25 bits per heavy atom. The van der Waals surface area contributed by atoms with Crippen molar-refractivity contribution in [2.24, 2.45) is 0 Å². The van der Waals surface area contributed by atoms with Crippen molar-refractivity contribution in [2.45, 2.75) is 13.3 Å². The molecule has 5 heteroatoms. The second-order valence-electron chi connectivity index (χ2n) is 3.11. The first-order chi connectivity index (χ1) is 7.74. The van der Waals surface area contributed by atoms with Crippen molar-refractivity contribution < 1.29 is 19.4 Å². The van der Waals surface area contributed by atoms with Gasteiger partial charge in [-0.2, -0.15) is 0 Å². The number of pyridine rings is 1. The van der Waals surface area contributed by atoms with Gasteiger partial charge in [0.2, 0.25) is 0 Å². The molecule has 0 aromatic carbocycles. The molecule has 88 valence electrons. The molecule has 0 aliphatic rings. The lowest BCUT2D eigenvalue weighted by Crippen LogP contribution is -2.04. The zero-order valence-electron chi connectivity index (χ0n) is 9.18. The molecule has 1 N–H and O–H groups in total. The number of hydrogen-bond donors (Lipinski definition) is 1. The Kier molecular flexibility index (Phi) is 5.28. The molecule has 0 saturated heterocycles. The summed E-state index contributed by atoms with van der Waals surface area (Å²) in [7, 11) is 0. The average molecular weight is 225 g/mol. The maximum absolute atomic E-state index is 10.7. The molecule has 1 rings (SSSR count). The highest BCUT2D eigenvalue weighted by atomic mass is 16.5. The van der Waals surface area contributed by atoms with E-state index >= 15 is 0 Å². The van der Waals surface area contributed by atoms with Crippen LogP contribution in [0.4, 0.5) is 0 Å². The first kappa shape index (κ1) is 12.4. The zero-order chi connectivity index (χ0) is 11.8. The van der Waals surface area contributed by atoms with Gasteiger partial charge in [0, 0.05) is 25.8 Å². The minimum absolute atomic E-state index is 0.127. The molecule has 0 aliphatic carbocycles. The van der Waals surface area contributed by atoms with Crippen LogP contribution in [-0.2, 0) is 4.74 Å². The fourth-order valence-corrected chi connectivity index (χ4v) is 1.11. The van der Waals surface area contributed by atoms with E-state index in [1.54, 1.807) is 0 Å². The fourth-order valence-electron chi connectivity index (χ4n) is 1.11. The third kappa shape index (κ3) is 4.27. The van der Waals surface area contributed by atoms with Crippen LogP contribution in [0.3, 0.4) is 0 Å². The summed E-state index contributed by atoms with van der Waals surface area (Å²) in [5.74, 6) is -0.538.